The summed E-state index contributed by atoms with van der Waals surface area (Å²) in [6.45, 7) is 8.51. The van der Waals surface area contributed by atoms with Gasteiger partial charge in [0.2, 0.25) is 0 Å². The van der Waals surface area contributed by atoms with Gasteiger partial charge in [-0.1, -0.05) is 25.6 Å². The summed E-state index contributed by atoms with van der Waals surface area (Å²) < 4.78 is 75.5. The molecular formula is C41H55F3O9. The number of hydrogen-bond donors (Lipinski definition) is 0. The van der Waals surface area contributed by atoms with Gasteiger partial charge in [0, 0.05) is 18.4 Å². The second-order valence-electron chi connectivity index (χ2n) is 16.8. The Bertz CT molecular complexity index is 1490. The molecule has 5 aliphatic carbocycles. The van der Waals surface area contributed by atoms with E-state index in [9.17, 15) is 27.6 Å². The Morgan fingerprint density at radius 3 is 2.26 bits per heavy atom. The van der Waals surface area contributed by atoms with Crippen LogP contribution in [0.5, 0.6) is 5.75 Å². The molecule has 5 atom stereocenters. The zero-order valence-electron chi connectivity index (χ0n) is 31.4. The number of carbonyl (C=O) groups is 3. The molecular weight excluding hydrogens is 693 g/mol. The predicted molar refractivity (Wildman–Crippen MR) is 187 cm³/mol. The number of carbonyl (C=O) groups excluding carboxylic acids is 3. The van der Waals surface area contributed by atoms with E-state index in [1.54, 1.807) is 24.3 Å². The molecule has 0 N–H and O–H groups in total. The minimum absolute atomic E-state index is 0.0897. The van der Waals surface area contributed by atoms with Crippen LogP contribution in [0.25, 0.3) is 0 Å². The van der Waals surface area contributed by atoms with E-state index in [2.05, 4.69) is 13.5 Å². The summed E-state index contributed by atoms with van der Waals surface area (Å²) in [6.07, 6.45) is 4.75. The third kappa shape index (κ3) is 9.40. The van der Waals surface area contributed by atoms with Crippen molar-refractivity contribution >= 4 is 17.9 Å². The SMILES string of the molecule is C=C(C)C(=O)OC(C)(CCC(F)(F)F)c1ccc(OC2CCCC(COC(=O)C34CC5CC(CC(OCC(=O)OC6(CC)CCCC6)(C5)C3)C4)O2)cc1. The lowest BCUT2D eigenvalue weighted by atomic mass is 9.48. The van der Waals surface area contributed by atoms with Crippen LogP contribution in [-0.2, 0) is 43.7 Å². The fourth-order valence-electron chi connectivity index (χ4n) is 9.97. The first-order valence-corrected chi connectivity index (χ1v) is 19.4. The molecule has 294 valence electrons. The van der Waals surface area contributed by atoms with Crippen LogP contribution in [0.1, 0.15) is 129 Å². The molecule has 0 spiro atoms. The molecule has 1 heterocycles. The molecule has 12 heteroatoms. The lowest BCUT2D eigenvalue weighted by Crippen LogP contribution is -2.60. The van der Waals surface area contributed by atoms with E-state index in [0.29, 0.717) is 42.4 Å². The molecule has 4 bridgehead atoms. The summed E-state index contributed by atoms with van der Waals surface area (Å²) in [5.74, 6) is -0.154. The van der Waals surface area contributed by atoms with Crippen LogP contribution in [0.2, 0.25) is 0 Å². The normalized spacial score (nSPS) is 31.4. The van der Waals surface area contributed by atoms with E-state index in [1.165, 1.54) is 13.8 Å². The van der Waals surface area contributed by atoms with E-state index in [-0.39, 0.29) is 42.4 Å². The topological polar surface area (TPSA) is 107 Å². The maximum atomic E-state index is 13.9. The fourth-order valence-corrected chi connectivity index (χ4v) is 9.97. The minimum atomic E-state index is -4.42. The van der Waals surface area contributed by atoms with Crippen LogP contribution >= 0.6 is 0 Å². The van der Waals surface area contributed by atoms with Crippen molar-refractivity contribution in [2.45, 2.75) is 159 Å². The number of halogens is 3. The van der Waals surface area contributed by atoms with Gasteiger partial charge in [-0.25, -0.2) is 9.59 Å². The molecule has 0 radical (unpaired) electrons. The first-order chi connectivity index (χ1) is 25.0. The first kappa shape index (κ1) is 39.6. The molecule has 6 aliphatic rings. The Kier molecular flexibility index (Phi) is 11.6. The number of benzene rings is 1. The minimum Gasteiger partial charge on any atom is -0.465 e. The van der Waals surface area contributed by atoms with Crippen LogP contribution in [0.3, 0.4) is 0 Å². The number of hydrogen-bond acceptors (Lipinski definition) is 9. The van der Waals surface area contributed by atoms with E-state index >= 15 is 0 Å². The number of rotatable bonds is 15. The van der Waals surface area contributed by atoms with Crippen LogP contribution in [-0.4, -0.2) is 60.9 Å². The van der Waals surface area contributed by atoms with Crippen molar-refractivity contribution in [1.82, 2.24) is 0 Å². The molecule has 1 saturated heterocycles. The molecule has 5 unspecified atom stereocenters. The maximum absolute atomic E-state index is 13.9. The van der Waals surface area contributed by atoms with Gasteiger partial charge in [0.25, 0.3) is 0 Å². The van der Waals surface area contributed by atoms with Crippen molar-refractivity contribution in [1.29, 1.82) is 0 Å². The summed E-state index contributed by atoms with van der Waals surface area (Å²) in [6, 6.07) is 6.40. The highest BCUT2D eigenvalue weighted by atomic mass is 19.4. The Morgan fingerprint density at radius 1 is 0.962 bits per heavy atom. The van der Waals surface area contributed by atoms with Crippen LogP contribution in [0.15, 0.2) is 36.4 Å². The summed E-state index contributed by atoms with van der Waals surface area (Å²) in [7, 11) is 0. The van der Waals surface area contributed by atoms with Gasteiger partial charge in [0.1, 0.15) is 30.2 Å². The summed E-state index contributed by atoms with van der Waals surface area (Å²) in [4.78, 5) is 39.1. The largest absolute Gasteiger partial charge is 0.465 e. The van der Waals surface area contributed by atoms with Crippen LogP contribution in [0, 0.1) is 17.3 Å². The average Bonchev–Trinajstić information content (AvgIpc) is 3.57. The van der Waals surface area contributed by atoms with Gasteiger partial charge in [0.05, 0.1) is 17.1 Å². The molecule has 53 heavy (non-hydrogen) atoms. The molecule has 5 saturated carbocycles. The van der Waals surface area contributed by atoms with Gasteiger partial charge in [-0.05, 0) is 133 Å². The van der Waals surface area contributed by atoms with Crippen molar-refractivity contribution in [2.24, 2.45) is 17.3 Å². The van der Waals surface area contributed by atoms with E-state index in [4.69, 9.17) is 28.4 Å². The Hall–Kier alpha value is -3.12. The van der Waals surface area contributed by atoms with Crippen molar-refractivity contribution < 1.29 is 56.0 Å². The van der Waals surface area contributed by atoms with Crippen molar-refractivity contribution in [3.63, 3.8) is 0 Å². The first-order valence-electron chi connectivity index (χ1n) is 19.4. The molecule has 7 rings (SSSR count). The summed E-state index contributed by atoms with van der Waals surface area (Å²) in [5, 5.41) is 0. The lowest BCUT2D eigenvalue weighted by Gasteiger charge is -2.60. The second-order valence-corrected chi connectivity index (χ2v) is 16.8. The standard InChI is InChI=1S/C41H55F3O9/c1-5-39(15-6-7-16-39)52-33(45)25-49-40-22-28-19-29(23-40)21-38(20-28,26-40)36(47)48-24-32-9-8-10-34(51-32)50-31-13-11-30(12-14-31)37(4,17-18-41(42,43)44)53-35(46)27(2)3/h11-14,28-29,32,34H,2,5-10,15-26H2,1,3-4H3. The smallest absolute Gasteiger partial charge is 0.389 e. The zero-order chi connectivity index (χ0) is 38.1. The van der Waals surface area contributed by atoms with Gasteiger partial charge in [-0.15, -0.1) is 0 Å². The fraction of sp³-hybridized carbons (Fsp3) is 0.732. The Balaban J connectivity index is 1.02. The lowest BCUT2D eigenvalue weighted by molar-refractivity contribution is -0.220. The predicted octanol–water partition coefficient (Wildman–Crippen LogP) is 8.80. The molecule has 1 aromatic carbocycles. The number of alkyl halides is 3. The highest BCUT2D eigenvalue weighted by molar-refractivity contribution is 5.87. The molecule has 6 fully saturated rings. The third-order valence-corrected chi connectivity index (χ3v) is 12.4. The number of esters is 3. The summed E-state index contributed by atoms with van der Waals surface area (Å²) >= 11 is 0. The van der Waals surface area contributed by atoms with Crippen molar-refractivity contribution in [3.05, 3.63) is 42.0 Å². The highest BCUT2D eigenvalue weighted by Crippen LogP contribution is 2.63. The Morgan fingerprint density at radius 2 is 1.64 bits per heavy atom. The van der Waals surface area contributed by atoms with Crippen molar-refractivity contribution in [3.8, 4) is 5.75 Å². The average molecular weight is 749 g/mol. The van der Waals surface area contributed by atoms with E-state index < -0.39 is 47.9 Å². The van der Waals surface area contributed by atoms with Gasteiger partial charge in [0.15, 0.2) is 6.29 Å². The third-order valence-electron chi connectivity index (χ3n) is 12.4. The maximum Gasteiger partial charge on any atom is 0.389 e. The molecule has 0 aromatic heterocycles. The van der Waals surface area contributed by atoms with Gasteiger partial charge in [-0.3, -0.25) is 4.79 Å². The van der Waals surface area contributed by atoms with Crippen LogP contribution < -0.4 is 4.74 Å². The summed E-state index contributed by atoms with van der Waals surface area (Å²) in [5.41, 5.74) is -2.56. The molecule has 9 nitrogen and oxygen atoms in total. The van der Waals surface area contributed by atoms with E-state index in [0.717, 1.165) is 70.6 Å². The van der Waals surface area contributed by atoms with Crippen LogP contribution in [0.4, 0.5) is 13.2 Å². The monoisotopic (exact) mass is 748 g/mol. The van der Waals surface area contributed by atoms with Gasteiger partial charge in [-0.2, -0.15) is 13.2 Å². The Labute approximate surface area is 310 Å². The molecule has 1 aromatic rings. The van der Waals surface area contributed by atoms with E-state index in [1.807, 2.05) is 0 Å². The second kappa shape index (κ2) is 15.6. The van der Waals surface area contributed by atoms with Crippen molar-refractivity contribution in [2.75, 3.05) is 13.2 Å². The van der Waals surface area contributed by atoms with Gasteiger partial charge < -0.3 is 28.4 Å². The quantitative estimate of drug-likeness (QED) is 0.0989. The zero-order valence-corrected chi connectivity index (χ0v) is 31.4. The van der Waals surface area contributed by atoms with Gasteiger partial charge >= 0.3 is 24.1 Å². The highest BCUT2D eigenvalue weighted by Gasteiger charge is 2.62. The molecule has 0 amide bonds. The molecule has 1 aliphatic heterocycles. The number of ether oxygens (including phenoxy) is 6.